The van der Waals surface area contributed by atoms with Gasteiger partial charge in [0.2, 0.25) is 5.88 Å². The van der Waals surface area contributed by atoms with Gasteiger partial charge in [-0.2, -0.15) is 0 Å². The maximum atomic E-state index is 14.9. The normalized spacial score (nSPS) is 18.6. The number of nitrogens with zero attached hydrogens (tertiary/aromatic N) is 1. The number of pyridine rings is 1. The van der Waals surface area contributed by atoms with Gasteiger partial charge in [0, 0.05) is 43.9 Å². The number of rotatable bonds is 7. The first kappa shape index (κ1) is 24.7. The summed E-state index contributed by atoms with van der Waals surface area (Å²) < 4.78 is 46.6. The van der Waals surface area contributed by atoms with Gasteiger partial charge in [-0.25, -0.2) is 13.8 Å². The summed E-state index contributed by atoms with van der Waals surface area (Å²) in [5.74, 6) is 1.47. The molecule has 2 aliphatic rings. The second-order valence-electron chi connectivity index (χ2n) is 10.4. The number of benzene rings is 2. The summed E-state index contributed by atoms with van der Waals surface area (Å²) in [5, 5.41) is 0. The molecular weight excluding hydrogens is 460 g/mol. The summed E-state index contributed by atoms with van der Waals surface area (Å²) in [7, 11) is 0. The third kappa shape index (κ3) is 5.39. The van der Waals surface area contributed by atoms with Gasteiger partial charge in [0.25, 0.3) is 0 Å². The van der Waals surface area contributed by atoms with Crippen molar-refractivity contribution in [1.82, 2.24) is 4.98 Å². The van der Waals surface area contributed by atoms with Crippen molar-refractivity contribution >= 4 is 0 Å². The van der Waals surface area contributed by atoms with Crippen LogP contribution in [0.25, 0.3) is 11.1 Å². The number of alkyl halides is 1. The smallest absolute Gasteiger partial charge is 0.213 e. The van der Waals surface area contributed by atoms with Gasteiger partial charge < -0.3 is 14.2 Å². The summed E-state index contributed by atoms with van der Waals surface area (Å²) >= 11 is 0. The van der Waals surface area contributed by atoms with E-state index < -0.39 is 5.67 Å². The molecule has 1 unspecified atom stereocenters. The Balaban J connectivity index is 1.31. The van der Waals surface area contributed by atoms with E-state index in [2.05, 4.69) is 11.9 Å². The Morgan fingerprint density at radius 1 is 1.00 bits per heavy atom. The highest BCUT2D eigenvalue weighted by Crippen LogP contribution is 2.34. The highest BCUT2D eigenvalue weighted by atomic mass is 19.1. The van der Waals surface area contributed by atoms with E-state index >= 15 is 0 Å². The van der Waals surface area contributed by atoms with E-state index in [1.54, 1.807) is 6.07 Å². The molecule has 0 spiro atoms. The van der Waals surface area contributed by atoms with E-state index in [0.29, 0.717) is 49.2 Å². The number of ether oxygens (including phenoxy) is 3. The van der Waals surface area contributed by atoms with Gasteiger partial charge in [0.1, 0.15) is 30.4 Å². The van der Waals surface area contributed by atoms with Crippen LogP contribution in [0.1, 0.15) is 47.6 Å². The number of aromatic nitrogens is 1. The van der Waals surface area contributed by atoms with Crippen LogP contribution >= 0.6 is 0 Å². The van der Waals surface area contributed by atoms with Crippen molar-refractivity contribution in [2.24, 2.45) is 5.92 Å². The maximum absolute atomic E-state index is 14.9. The fourth-order valence-electron chi connectivity index (χ4n) is 5.33. The molecule has 0 bridgehead atoms. The zero-order valence-electron chi connectivity index (χ0n) is 21.2. The van der Waals surface area contributed by atoms with Gasteiger partial charge in [-0.15, -0.1) is 0 Å². The van der Waals surface area contributed by atoms with E-state index in [4.69, 9.17) is 14.2 Å². The molecule has 1 aromatic heterocycles. The van der Waals surface area contributed by atoms with Crippen LogP contribution in [0, 0.1) is 25.6 Å². The SMILES string of the molecule is Cc1cc(OCC2(F)CCOCC2)cc(C)c1-c1ccc(F)c(COc2cc3c(cn2)CC(C)C3)c1. The summed E-state index contributed by atoms with van der Waals surface area (Å²) in [4.78, 5) is 4.41. The molecule has 2 aromatic carbocycles. The summed E-state index contributed by atoms with van der Waals surface area (Å²) in [6, 6.07) is 10.9. The average Bonchev–Trinajstić information content (AvgIpc) is 3.22. The molecule has 3 aromatic rings. The van der Waals surface area contributed by atoms with E-state index in [9.17, 15) is 8.78 Å². The monoisotopic (exact) mass is 493 g/mol. The first-order valence-corrected chi connectivity index (χ1v) is 12.7. The lowest BCUT2D eigenvalue weighted by atomic mass is 9.94. The van der Waals surface area contributed by atoms with Gasteiger partial charge in [0.15, 0.2) is 0 Å². The van der Waals surface area contributed by atoms with E-state index in [-0.39, 0.29) is 19.0 Å². The van der Waals surface area contributed by atoms with Crippen molar-refractivity contribution in [2.45, 2.75) is 58.7 Å². The van der Waals surface area contributed by atoms with Crippen LogP contribution in [0.15, 0.2) is 42.6 Å². The highest BCUT2D eigenvalue weighted by Gasteiger charge is 2.33. The Hall–Kier alpha value is -2.99. The van der Waals surface area contributed by atoms with Crippen LogP contribution in [0.4, 0.5) is 8.78 Å². The summed E-state index contributed by atoms with van der Waals surface area (Å²) in [6.45, 7) is 7.18. The van der Waals surface area contributed by atoms with Crippen molar-refractivity contribution in [3.8, 4) is 22.8 Å². The molecule has 1 aliphatic carbocycles. The van der Waals surface area contributed by atoms with Gasteiger partial charge >= 0.3 is 0 Å². The first-order chi connectivity index (χ1) is 17.3. The molecule has 0 radical (unpaired) electrons. The fraction of sp³-hybridized carbons (Fsp3) is 0.433. The van der Waals surface area contributed by atoms with Crippen LogP contribution in [0.5, 0.6) is 11.6 Å². The zero-order chi connectivity index (χ0) is 25.3. The largest absolute Gasteiger partial charge is 0.490 e. The molecule has 4 nitrogen and oxygen atoms in total. The second-order valence-corrected chi connectivity index (χ2v) is 10.4. The Morgan fingerprint density at radius 3 is 2.47 bits per heavy atom. The molecule has 5 rings (SSSR count). The molecule has 2 heterocycles. The van der Waals surface area contributed by atoms with E-state index in [1.165, 1.54) is 17.2 Å². The molecule has 1 fully saturated rings. The second kappa shape index (κ2) is 10.2. The van der Waals surface area contributed by atoms with Crippen LogP contribution in [0.3, 0.4) is 0 Å². The number of hydrogen-bond donors (Lipinski definition) is 0. The summed E-state index contributed by atoms with van der Waals surface area (Å²) in [6.07, 6.45) is 4.65. The quantitative estimate of drug-likeness (QED) is 0.367. The Labute approximate surface area is 211 Å². The lowest BCUT2D eigenvalue weighted by Crippen LogP contribution is -2.37. The molecular formula is C30H33F2NO3. The Bertz CT molecular complexity index is 1230. The van der Waals surface area contributed by atoms with Gasteiger partial charge in [-0.05, 0) is 90.3 Å². The molecule has 0 amide bonds. The van der Waals surface area contributed by atoms with Gasteiger partial charge in [0.05, 0.1) is 0 Å². The van der Waals surface area contributed by atoms with E-state index in [0.717, 1.165) is 35.1 Å². The average molecular weight is 494 g/mol. The molecule has 1 saturated heterocycles. The van der Waals surface area contributed by atoms with Crippen molar-refractivity contribution < 1.29 is 23.0 Å². The third-order valence-corrected chi connectivity index (χ3v) is 7.30. The molecule has 1 aliphatic heterocycles. The third-order valence-electron chi connectivity index (χ3n) is 7.30. The highest BCUT2D eigenvalue weighted by molar-refractivity contribution is 5.72. The predicted octanol–water partition coefficient (Wildman–Crippen LogP) is 6.72. The fourth-order valence-corrected chi connectivity index (χ4v) is 5.33. The minimum absolute atomic E-state index is 0.0161. The molecule has 0 saturated carbocycles. The molecule has 0 N–H and O–H groups in total. The lowest BCUT2D eigenvalue weighted by Gasteiger charge is -2.29. The maximum Gasteiger partial charge on any atom is 0.213 e. The molecule has 6 heteroatoms. The number of halogens is 2. The van der Waals surface area contributed by atoms with Crippen molar-refractivity contribution in [3.05, 3.63) is 76.2 Å². The minimum Gasteiger partial charge on any atom is -0.490 e. The van der Waals surface area contributed by atoms with Gasteiger partial charge in [-0.1, -0.05) is 13.0 Å². The molecule has 36 heavy (non-hydrogen) atoms. The van der Waals surface area contributed by atoms with E-state index in [1.807, 2.05) is 44.3 Å². The topological polar surface area (TPSA) is 40.6 Å². The van der Waals surface area contributed by atoms with Gasteiger partial charge in [-0.3, -0.25) is 0 Å². The van der Waals surface area contributed by atoms with Crippen molar-refractivity contribution in [3.63, 3.8) is 0 Å². The van der Waals surface area contributed by atoms with Crippen LogP contribution < -0.4 is 9.47 Å². The molecule has 1 atom stereocenters. The predicted molar refractivity (Wildman–Crippen MR) is 136 cm³/mol. The van der Waals surface area contributed by atoms with Crippen LogP contribution in [-0.4, -0.2) is 30.5 Å². The summed E-state index contributed by atoms with van der Waals surface area (Å²) in [5.41, 5.74) is 5.54. The Kier molecular flexibility index (Phi) is 6.98. The van der Waals surface area contributed by atoms with Crippen molar-refractivity contribution in [2.75, 3.05) is 19.8 Å². The van der Waals surface area contributed by atoms with Crippen molar-refractivity contribution in [1.29, 1.82) is 0 Å². The number of hydrogen-bond acceptors (Lipinski definition) is 4. The number of fused-ring (bicyclic) bond motifs is 1. The Morgan fingerprint density at radius 2 is 1.72 bits per heavy atom. The molecule has 190 valence electrons. The first-order valence-electron chi connectivity index (χ1n) is 12.7. The number of aryl methyl sites for hydroxylation is 2. The minimum atomic E-state index is -1.35. The lowest BCUT2D eigenvalue weighted by molar-refractivity contribution is -0.0323. The van der Waals surface area contributed by atoms with Crippen LogP contribution in [0.2, 0.25) is 0 Å². The zero-order valence-corrected chi connectivity index (χ0v) is 21.2. The van der Waals surface area contributed by atoms with Crippen LogP contribution in [-0.2, 0) is 24.2 Å². The standard InChI is InChI=1S/C30H33F2NO3/c1-19-10-23-15-28(33-16-24(23)11-19)35-17-25-14-22(4-5-27(25)31)29-20(2)12-26(13-21(29)3)36-18-30(32)6-8-34-9-7-30/h4-5,12-16,19H,6-11,17-18H2,1-3H3.